The van der Waals surface area contributed by atoms with Gasteiger partial charge in [-0.3, -0.25) is 0 Å². The van der Waals surface area contributed by atoms with Gasteiger partial charge in [0.2, 0.25) is 12.1 Å². The third-order valence-electron chi connectivity index (χ3n) is 3.01. The highest BCUT2D eigenvalue weighted by molar-refractivity contribution is 6.28. The highest BCUT2D eigenvalue weighted by atomic mass is 35.5. The number of hydrogen-bond donors (Lipinski definition) is 2. The van der Waals surface area contributed by atoms with Crippen molar-refractivity contribution in [2.75, 3.05) is 17.8 Å². The molecule has 1 aromatic carbocycles. The van der Waals surface area contributed by atoms with Crippen LogP contribution in [-0.4, -0.2) is 16.8 Å². The van der Waals surface area contributed by atoms with Crippen LogP contribution in [0.3, 0.4) is 0 Å². The number of nitrogens with zero attached hydrogens (tertiary/aromatic N) is 2. The van der Waals surface area contributed by atoms with Gasteiger partial charge in [0.05, 0.1) is 11.4 Å². The molecule has 3 N–H and O–H groups in total. The quantitative estimate of drug-likeness (QED) is 0.845. The van der Waals surface area contributed by atoms with E-state index in [-0.39, 0.29) is 12.1 Å². The average Bonchev–Trinajstić information content (AvgIpc) is 2.88. The van der Waals surface area contributed by atoms with Gasteiger partial charge in [-0.1, -0.05) is 6.07 Å². The van der Waals surface area contributed by atoms with Crippen LogP contribution in [0.1, 0.15) is 11.3 Å². The fourth-order valence-electron chi connectivity index (χ4n) is 1.92. The van der Waals surface area contributed by atoms with E-state index < -0.39 is 0 Å². The summed E-state index contributed by atoms with van der Waals surface area (Å²) in [5.74, 6) is 2.03. The van der Waals surface area contributed by atoms with Crippen LogP contribution in [0, 0.1) is 6.92 Å². The van der Waals surface area contributed by atoms with Gasteiger partial charge in [-0.2, -0.15) is 4.98 Å². The fourth-order valence-corrected chi connectivity index (χ4v) is 2.13. The summed E-state index contributed by atoms with van der Waals surface area (Å²) in [5.41, 5.74) is 8.09. The van der Waals surface area contributed by atoms with Gasteiger partial charge in [-0.25, -0.2) is 4.98 Å². The number of nitrogens with one attached hydrogen (secondary N) is 1. The van der Waals surface area contributed by atoms with Crippen molar-refractivity contribution in [3.8, 4) is 11.5 Å². The minimum Gasteiger partial charge on any atom is -0.454 e. The average molecular weight is 293 g/mol. The summed E-state index contributed by atoms with van der Waals surface area (Å²) < 4.78 is 10.6. The van der Waals surface area contributed by atoms with E-state index in [0.29, 0.717) is 23.7 Å². The van der Waals surface area contributed by atoms with Gasteiger partial charge in [0.25, 0.3) is 0 Å². The van der Waals surface area contributed by atoms with Crippen molar-refractivity contribution < 1.29 is 9.47 Å². The van der Waals surface area contributed by atoms with Gasteiger partial charge in [-0.05, 0) is 36.2 Å². The summed E-state index contributed by atoms with van der Waals surface area (Å²) in [6.45, 7) is 2.60. The molecule has 1 aliphatic rings. The van der Waals surface area contributed by atoms with E-state index >= 15 is 0 Å². The molecule has 104 valence electrons. The zero-order chi connectivity index (χ0) is 14.1. The van der Waals surface area contributed by atoms with Crippen molar-refractivity contribution in [3.63, 3.8) is 0 Å². The van der Waals surface area contributed by atoms with Crippen LogP contribution in [-0.2, 0) is 6.54 Å². The van der Waals surface area contributed by atoms with E-state index in [2.05, 4.69) is 15.3 Å². The number of hydrogen-bond acceptors (Lipinski definition) is 6. The Balaban J connectivity index is 1.77. The molecule has 20 heavy (non-hydrogen) atoms. The van der Waals surface area contributed by atoms with Crippen molar-refractivity contribution >= 4 is 23.1 Å². The minimum atomic E-state index is 0.171. The van der Waals surface area contributed by atoms with Gasteiger partial charge in [0.15, 0.2) is 17.3 Å². The second kappa shape index (κ2) is 5.05. The number of fused-ring (bicyclic) bond motifs is 1. The molecule has 7 heteroatoms. The van der Waals surface area contributed by atoms with Crippen molar-refractivity contribution in [1.82, 2.24) is 9.97 Å². The molecule has 2 heterocycles. The first-order chi connectivity index (χ1) is 9.63. The van der Waals surface area contributed by atoms with Crippen LogP contribution in [0.5, 0.6) is 11.5 Å². The zero-order valence-corrected chi connectivity index (χ0v) is 11.6. The molecule has 1 aromatic heterocycles. The lowest BCUT2D eigenvalue weighted by Crippen LogP contribution is -2.07. The Labute approximate surface area is 120 Å². The Morgan fingerprint density at radius 1 is 1.30 bits per heavy atom. The van der Waals surface area contributed by atoms with E-state index in [1.807, 2.05) is 18.2 Å². The molecule has 0 bridgehead atoms. The van der Waals surface area contributed by atoms with Crippen LogP contribution in [0.4, 0.5) is 11.5 Å². The highest BCUT2D eigenvalue weighted by Crippen LogP contribution is 2.32. The van der Waals surface area contributed by atoms with Gasteiger partial charge in [0.1, 0.15) is 0 Å². The summed E-state index contributed by atoms with van der Waals surface area (Å²) in [5, 5.41) is 3.32. The molecule has 0 atom stereocenters. The molecule has 3 rings (SSSR count). The number of benzene rings is 1. The molecule has 0 radical (unpaired) electrons. The first-order valence-electron chi connectivity index (χ1n) is 6.05. The fraction of sp³-hybridized carbons (Fsp3) is 0.231. The van der Waals surface area contributed by atoms with Gasteiger partial charge in [-0.15, -0.1) is 0 Å². The number of ether oxygens (including phenoxy) is 2. The lowest BCUT2D eigenvalue weighted by molar-refractivity contribution is 0.174. The maximum Gasteiger partial charge on any atom is 0.231 e. The lowest BCUT2D eigenvalue weighted by Gasteiger charge is -2.10. The van der Waals surface area contributed by atoms with Crippen molar-refractivity contribution in [2.24, 2.45) is 0 Å². The summed E-state index contributed by atoms with van der Waals surface area (Å²) >= 11 is 5.83. The minimum absolute atomic E-state index is 0.171. The number of nitrogens with two attached hydrogens (primary N) is 1. The molecule has 0 amide bonds. The Morgan fingerprint density at radius 2 is 2.10 bits per heavy atom. The first-order valence-corrected chi connectivity index (χ1v) is 6.43. The maximum absolute atomic E-state index is 5.91. The molecular formula is C13H13ClN4O2. The van der Waals surface area contributed by atoms with Crippen LogP contribution in [0.25, 0.3) is 0 Å². The molecule has 0 spiro atoms. The second-order valence-corrected chi connectivity index (χ2v) is 4.72. The van der Waals surface area contributed by atoms with E-state index in [4.69, 9.17) is 26.8 Å². The number of rotatable bonds is 3. The predicted molar refractivity (Wildman–Crippen MR) is 76.1 cm³/mol. The summed E-state index contributed by atoms with van der Waals surface area (Å²) in [4.78, 5) is 8.07. The van der Waals surface area contributed by atoms with Gasteiger partial charge >= 0.3 is 0 Å². The topological polar surface area (TPSA) is 82.3 Å². The number of nitrogen functional groups attached to an aromatic ring is 1. The predicted octanol–water partition coefficient (Wildman–Crippen LogP) is 2.36. The molecule has 2 aromatic rings. The molecule has 6 nitrogen and oxygen atoms in total. The first kappa shape index (κ1) is 12.8. The van der Waals surface area contributed by atoms with E-state index in [9.17, 15) is 0 Å². The van der Waals surface area contributed by atoms with Crippen molar-refractivity contribution in [3.05, 3.63) is 34.7 Å². The number of halogens is 1. The molecule has 0 unspecified atom stereocenters. The number of anilines is 2. The third kappa shape index (κ3) is 2.42. The van der Waals surface area contributed by atoms with E-state index in [1.54, 1.807) is 6.92 Å². The Kier molecular flexibility index (Phi) is 3.23. The van der Waals surface area contributed by atoms with Gasteiger partial charge in [0, 0.05) is 6.54 Å². The zero-order valence-electron chi connectivity index (χ0n) is 10.8. The standard InChI is InChI=1S/C13H13ClN4O2/c1-7-11(15)12(18-13(14)17-7)16-5-8-2-3-9-10(4-8)20-6-19-9/h2-4H,5-6,15H2,1H3,(H,16,17,18). The van der Waals surface area contributed by atoms with E-state index in [0.717, 1.165) is 17.1 Å². The normalized spacial score (nSPS) is 12.5. The second-order valence-electron chi connectivity index (χ2n) is 4.38. The molecule has 1 aliphatic heterocycles. The molecule has 0 saturated heterocycles. The molecule has 0 fully saturated rings. The largest absolute Gasteiger partial charge is 0.454 e. The van der Waals surface area contributed by atoms with Crippen LogP contribution >= 0.6 is 11.6 Å². The number of aromatic nitrogens is 2. The van der Waals surface area contributed by atoms with E-state index in [1.165, 1.54) is 0 Å². The monoisotopic (exact) mass is 292 g/mol. The maximum atomic E-state index is 5.91. The summed E-state index contributed by atoms with van der Waals surface area (Å²) in [7, 11) is 0. The molecule has 0 aliphatic carbocycles. The molecular weight excluding hydrogens is 280 g/mol. The van der Waals surface area contributed by atoms with Gasteiger partial charge < -0.3 is 20.5 Å². The number of aryl methyl sites for hydroxylation is 1. The Morgan fingerprint density at radius 3 is 2.95 bits per heavy atom. The Hall–Kier alpha value is -2.21. The molecule has 0 saturated carbocycles. The van der Waals surface area contributed by atoms with Crippen molar-refractivity contribution in [1.29, 1.82) is 0 Å². The van der Waals surface area contributed by atoms with Crippen molar-refractivity contribution in [2.45, 2.75) is 13.5 Å². The smallest absolute Gasteiger partial charge is 0.231 e. The SMILES string of the molecule is Cc1nc(Cl)nc(NCc2ccc3c(c2)OCO3)c1N. The highest BCUT2D eigenvalue weighted by Gasteiger charge is 2.13. The third-order valence-corrected chi connectivity index (χ3v) is 3.17. The van der Waals surface area contributed by atoms with Crippen LogP contribution in [0.2, 0.25) is 5.28 Å². The van der Waals surface area contributed by atoms with Crippen LogP contribution in [0.15, 0.2) is 18.2 Å². The summed E-state index contributed by atoms with van der Waals surface area (Å²) in [6, 6.07) is 5.74. The van der Waals surface area contributed by atoms with Crippen LogP contribution < -0.4 is 20.5 Å². The summed E-state index contributed by atoms with van der Waals surface area (Å²) in [6.07, 6.45) is 0. The lowest BCUT2D eigenvalue weighted by atomic mass is 10.2. The Bertz CT molecular complexity index is 663.